The van der Waals surface area contributed by atoms with Gasteiger partial charge in [0.05, 0.1) is 11.0 Å². The summed E-state index contributed by atoms with van der Waals surface area (Å²) in [4.78, 5) is 42.9. The van der Waals surface area contributed by atoms with Crippen molar-refractivity contribution in [1.82, 2.24) is 4.98 Å². The number of nitro benzene ring substituents is 1. The average molecular weight is 461 g/mol. The Bertz CT molecular complexity index is 1010. The number of rotatable bonds is 6. The normalized spacial score (nSPS) is 16.8. The van der Waals surface area contributed by atoms with E-state index in [2.05, 4.69) is 4.98 Å². The summed E-state index contributed by atoms with van der Waals surface area (Å²) in [5.41, 5.74) is -0.764. The van der Waals surface area contributed by atoms with Gasteiger partial charge < -0.3 is 14.2 Å². The minimum atomic E-state index is -1.15. The molecule has 1 saturated carbocycles. The molecule has 11 heteroatoms. The van der Waals surface area contributed by atoms with Gasteiger partial charge in [0.2, 0.25) is 0 Å². The Labute approximate surface area is 188 Å². The van der Waals surface area contributed by atoms with Crippen molar-refractivity contribution >= 4 is 34.0 Å². The van der Waals surface area contributed by atoms with E-state index in [0.717, 1.165) is 38.2 Å². The van der Waals surface area contributed by atoms with Crippen molar-refractivity contribution < 1.29 is 28.7 Å². The number of carbonyl (C=O) groups is 2. The molecule has 0 saturated heterocycles. The van der Waals surface area contributed by atoms with Crippen LogP contribution >= 0.6 is 11.3 Å². The molecule has 1 fully saturated rings. The van der Waals surface area contributed by atoms with Gasteiger partial charge in [0, 0.05) is 23.7 Å². The van der Waals surface area contributed by atoms with Crippen molar-refractivity contribution in [2.45, 2.75) is 51.2 Å². The summed E-state index contributed by atoms with van der Waals surface area (Å²) in [6.07, 6.45) is 5.31. The van der Waals surface area contributed by atoms with Gasteiger partial charge in [-0.1, -0.05) is 19.3 Å². The zero-order chi connectivity index (χ0) is 22.7. The van der Waals surface area contributed by atoms with E-state index in [0.29, 0.717) is 5.13 Å². The minimum absolute atomic E-state index is 0.0211. The predicted octanol–water partition coefficient (Wildman–Crippen LogP) is 3.73. The van der Waals surface area contributed by atoms with Crippen LogP contribution in [0.2, 0.25) is 0 Å². The number of anilines is 1. The summed E-state index contributed by atoms with van der Waals surface area (Å²) in [6, 6.07) is 2.35. The topological polar surface area (TPSA) is 121 Å². The number of fused-ring (bicyclic) bond motifs is 1. The van der Waals surface area contributed by atoms with Gasteiger partial charge >= 0.3 is 5.97 Å². The first-order valence-electron chi connectivity index (χ1n) is 10.5. The number of carbonyl (C=O) groups excluding carboxylic acids is 2. The van der Waals surface area contributed by atoms with Gasteiger partial charge in [0.25, 0.3) is 11.6 Å². The highest BCUT2D eigenvalue weighted by Gasteiger charge is 2.35. The number of aromatic nitrogens is 1. The Balaban J connectivity index is 1.56. The maximum atomic E-state index is 13.3. The van der Waals surface area contributed by atoms with E-state index >= 15 is 0 Å². The van der Waals surface area contributed by atoms with Crippen molar-refractivity contribution in [3.8, 4) is 11.5 Å². The lowest BCUT2D eigenvalue weighted by atomic mass is 9.94. The van der Waals surface area contributed by atoms with Gasteiger partial charge in [-0.05, 0) is 19.8 Å². The summed E-state index contributed by atoms with van der Waals surface area (Å²) in [5, 5.41) is 13.9. The van der Waals surface area contributed by atoms with Crippen molar-refractivity contribution in [3.63, 3.8) is 0 Å². The molecule has 0 spiro atoms. The molecule has 2 heterocycles. The fourth-order valence-corrected chi connectivity index (χ4v) is 4.69. The lowest BCUT2D eigenvalue weighted by Gasteiger charge is -2.33. The molecule has 10 nitrogen and oxygen atoms in total. The number of ether oxygens (including phenoxy) is 3. The number of nitrogens with zero attached hydrogens (tertiary/aromatic N) is 3. The van der Waals surface area contributed by atoms with Gasteiger partial charge in [-0.25, -0.2) is 9.78 Å². The number of hydrogen-bond acceptors (Lipinski definition) is 9. The Morgan fingerprint density at radius 2 is 1.91 bits per heavy atom. The molecule has 0 radical (unpaired) electrons. The molecule has 1 aliphatic carbocycles. The maximum absolute atomic E-state index is 13.3. The molecular weight excluding hydrogens is 438 g/mol. The second-order valence-corrected chi connectivity index (χ2v) is 8.51. The van der Waals surface area contributed by atoms with Crippen LogP contribution in [0.15, 0.2) is 23.7 Å². The van der Waals surface area contributed by atoms with Crippen LogP contribution in [-0.2, 0) is 9.53 Å². The quantitative estimate of drug-likeness (QED) is 0.362. The van der Waals surface area contributed by atoms with E-state index in [1.807, 2.05) is 0 Å². The van der Waals surface area contributed by atoms with Crippen LogP contribution in [-0.4, -0.2) is 47.1 Å². The minimum Gasteiger partial charge on any atom is -0.486 e. The molecule has 0 unspecified atom stereocenters. The van der Waals surface area contributed by atoms with E-state index in [-0.39, 0.29) is 36.3 Å². The molecule has 4 rings (SSSR count). The first-order chi connectivity index (χ1) is 15.5. The summed E-state index contributed by atoms with van der Waals surface area (Å²) in [7, 11) is 0. The maximum Gasteiger partial charge on any atom is 0.346 e. The highest BCUT2D eigenvalue weighted by atomic mass is 32.1. The van der Waals surface area contributed by atoms with Crippen LogP contribution in [0.3, 0.4) is 0 Å². The van der Waals surface area contributed by atoms with Gasteiger partial charge in [0.15, 0.2) is 22.7 Å². The zero-order valence-corrected chi connectivity index (χ0v) is 18.3. The molecule has 1 aromatic carbocycles. The fourth-order valence-electron chi connectivity index (χ4n) is 3.97. The Morgan fingerprint density at radius 3 is 2.53 bits per heavy atom. The number of esters is 1. The third-order valence-electron chi connectivity index (χ3n) is 5.51. The number of benzene rings is 1. The first kappa shape index (κ1) is 22.0. The van der Waals surface area contributed by atoms with E-state index in [4.69, 9.17) is 14.2 Å². The number of thiazole rings is 1. The Hall–Kier alpha value is -3.21. The third kappa shape index (κ3) is 4.52. The number of amides is 1. The number of nitro groups is 1. The molecule has 1 aliphatic heterocycles. The van der Waals surface area contributed by atoms with Crippen LogP contribution in [0.1, 0.15) is 49.4 Å². The molecule has 170 valence electrons. The highest BCUT2D eigenvalue weighted by molar-refractivity contribution is 7.13. The van der Waals surface area contributed by atoms with Crippen LogP contribution in [0.5, 0.6) is 11.5 Å². The largest absolute Gasteiger partial charge is 0.486 e. The molecule has 1 amide bonds. The van der Waals surface area contributed by atoms with Gasteiger partial charge in [-0.15, -0.1) is 11.3 Å². The average Bonchev–Trinajstić information content (AvgIpc) is 3.33. The second kappa shape index (κ2) is 9.51. The first-order valence-corrected chi connectivity index (χ1v) is 11.3. The standard InChI is InChI=1S/C21H23N3O7S/c1-13(19(25)23(21-22-7-10-32-21)14-5-3-2-4-6-14)31-20(26)15-11-17-18(30-9-8-29-17)12-16(15)24(27)28/h7,10-14H,2-6,8-9H2,1H3/t13-/m1/s1. The SMILES string of the molecule is C[C@@H](OC(=O)c1cc2c(cc1[N+](=O)[O-])OCCO2)C(=O)N(c1nccs1)C1CCCCC1. The molecule has 0 N–H and O–H groups in total. The van der Waals surface area contributed by atoms with E-state index in [1.54, 1.807) is 16.5 Å². The van der Waals surface area contributed by atoms with Crippen LogP contribution in [0.4, 0.5) is 10.8 Å². The van der Waals surface area contributed by atoms with Crippen molar-refractivity contribution in [2.24, 2.45) is 0 Å². The van der Waals surface area contributed by atoms with Crippen LogP contribution < -0.4 is 14.4 Å². The summed E-state index contributed by atoms with van der Waals surface area (Å²) in [5.74, 6) is -0.965. The summed E-state index contributed by atoms with van der Waals surface area (Å²) in [6.45, 7) is 1.99. The molecule has 1 aromatic heterocycles. The van der Waals surface area contributed by atoms with Crippen molar-refractivity contribution in [1.29, 1.82) is 0 Å². The van der Waals surface area contributed by atoms with E-state index < -0.39 is 28.6 Å². The van der Waals surface area contributed by atoms with Gasteiger partial charge in [0.1, 0.15) is 18.8 Å². The lowest BCUT2D eigenvalue weighted by molar-refractivity contribution is -0.385. The summed E-state index contributed by atoms with van der Waals surface area (Å²) >= 11 is 1.34. The smallest absolute Gasteiger partial charge is 0.346 e. The Kier molecular flexibility index (Phi) is 6.54. The Morgan fingerprint density at radius 1 is 1.22 bits per heavy atom. The molecular formula is C21H23N3O7S. The van der Waals surface area contributed by atoms with Crippen LogP contribution in [0.25, 0.3) is 0 Å². The molecule has 2 aliphatic rings. The molecule has 0 bridgehead atoms. The van der Waals surface area contributed by atoms with E-state index in [1.165, 1.54) is 24.3 Å². The lowest BCUT2D eigenvalue weighted by Crippen LogP contribution is -2.47. The number of hydrogen-bond donors (Lipinski definition) is 0. The van der Waals surface area contributed by atoms with Gasteiger partial charge in [-0.3, -0.25) is 19.8 Å². The van der Waals surface area contributed by atoms with Crippen molar-refractivity contribution in [3.05, 3.63) is 39.4 Å². The molecule has 1 atom stereocenters. The fraction of sp³-hybridized carbons (Fsp3) is 0.476. The van der Waals surface area contributed by atoms with Crippen LogP contribution in [0, 0.1) is 10.1 Å². The molecule has 2 aromatic rings. The molecule has 32 heavy (non-hydrogen) atoms. The van der Waals surface area contributed by atoms with E-state index in [9.17, 15) is 19.7 Å². The monoisotopic (exact) mass is 461 g/mol. The zero-order valence-electron chi connectivity index (χ0n) is 17.5. The van der Waals surface area contributed by atoms with Gasteiger partial charge in [-0.2, -0.15) is 0 Å². The second-order valence-electron chi connectivity index (χ2n) is 7.63. The third-order valence-corrected chi connectivity index (χ3v) is 6.28. The van der Waals surface area contributed by atoms with Crippen molar-refractivity contribution in [2.75, 3.05) is 18.1 Å². The highest BCUT2D eigenvalue weighted by Crippen LogP contribution is 2.37. The summed E-state index contributed by atoms with van der Waals surface area (Å²) < 4.78 is 16.2. The predicted molar refractivity (Wildman–Crippen MR) is 115 cm³/mol.